The highest BCUT2D eigenvalue weighted by Crippen LogP contribution is 2.15. The molecular formula is C21H24FN3O5S. The van der Waals surface area contributed by atoms with Crippen LogP contribution in [-0.2, 0) is 19.6 Å². The molecule has 1 heterocycles. The highest BCUT2D eigenvalue weighted by molar-refractivity contribution is 7.89. The van der Waals surface area contributed by atoms with Crippen LogP contribution in [0.3, 0.4) is 0 Å². The van der Waals surface area contributed by atoms with Gasteiger partial charge in [0.2, 0.25) is 15.9 Å². The van der Waals surface area contributed by atoms with E-state index in [-0.39, 0.29) is 35.3 Å². The fourth-order valence-electron chi connectivity index (χ4n) is 3.14. The van der Waals surface area contributed by atoms with E-state index in [9.17, 15) is 22.4 Å². The summed E-state index contributed by atoms with van der Waals surface area (Å²) in [5.41, 5.74) is 0.523. The number of ether oxygens (including phenoxy) is 1. The number of sulfonamides is 1. The lowest BCUT2D eigenvalue weighted by Crippen LogP contribution is -2.35. The summed E-state index contributed by atoms with van der Waals surface area (Å²) in [5, 5.41) is 2.52. The van der Waals surface area contributed by atoms with E-state index >= 15 is 0 Å². The van der Waals surface area contributed by atoms with Crippen molar-refractivity contribution >= 4 is 27.5 Å². The van der Waals surface area contributed by atoms with Crippen molar-refractivity contribution < 1.29 is 27.1 Å². The fraction of sp³-hybridized carbons (Fsp3) is 0.333. The molecule has 31 heavy (non-hydrogen) atoms. The molecule has 0 radical (unpaired) electrons. The van der Waals surface area contributed by atoms with Crippen molar-refractivity contribution in [3.63, 3.8) is 0 Å². The zero-order valence-electron chi connectivity index (χ0n) is 17.0. The van der Waals surface area contributed by atoms with Crippen molar-refractivity contribution in [2.24, 2.45) is 0 Å². The molecule has 1 aliphatic rings. The minimum Gasteiger partial charge on any atom is -0.377 e. The molecule has 10 heteroatoms. The molecule has 8 nitrogen and oxygen atoms in total. The van der Waals surface area contributed by atoms with Crippen LogP contribution in [0.1, 0.15) is 23.2 Å². The first-order valence-electron chi connectivity index (χ1n) is 9.77. The van der Waals surface area contributed by atoms with E-state index in [0.717, 1.165) is 12.8 Å². The summed E-state index contributed by atoms with van der Waals surface area (Å²) in [4.78, 5) is 25.9. The van der Waals surface area contributed by atoms with Gasteiger partial charge in [-0.2, -0.15) is 0 Å². The number of anilines is 1. The molecule has 0 saturated carbocycles. The Labute approximate surface area is 180 Å². The number of carbonyl (C=O) groups excluding carboxylic acids is 2. The molecule has 166 valence electrons. The molecule has 0 spiro atoms. The third kappa shape index (κ3) is 6.33. The minimum atomic E-state index is -3.72. The van der Waals surface area contributed by atoms with Gasteiger partial charge in [-0.15, -0.1) is 0 Å². The second-order valence-corrected chi connectivity index (χ2v) is 9.00. The Bertz CT molecular complexity index is 1040. The molecule has 2 aromatic rings. The lowest BCUT2D eigenvalue weighted by molar-refractivity contribution is -0.116. The van der Waals surface area contributed by atoms with Gasteiger partial charge in [-0.1, -0.05) is 6.07 Å². The Morgan fingerprint density at radius 1 is 1.19 bits per heavy atom. The van der Waals surface area contributed by atoms with Gasteiger partial charge < -0.3 is 15.0 Å². The van der Waals surface area contributed by atoms with E-state index in [4.69, 9.17) is 4.74 Å². The monoisotopic (exact) mass is 449 g/mol. The van der Waals surface area contributed by atoms with Crippen molar-refractivity contribution in [3.8, 4) is 0 Å². The van der Waals surface area contributed by atoms with Gasteiger partial charge in [0.25, 0.3) is 5.91 Å². The van der Waals surface area contributed by atoms with Crippen LogP contribution >= 0.6 is 0 Å². The Morgan fingerprint density at radius 3 is 2.58 bits per heavy atom. The summed E-state index contributed by atoms with van der Waals surface area (Å²) >= 11 is 0. The normalized spacial score (nSPS) is 16.1. The van der Waals surface area contributed by atoms with Gasteiger partial charge in [-0.3, -0.25) is 9.59 Å². The van der Waals surface area contributed by atoms with E-state index in [2.05, 4.69) is 10.0 Å². The van der Waals surface area contributed by atoms with Gasteiger partial charge in [-0.25, -0.2) is 17.5 Å². The predicted octanol–water partition coefficient (Wildman–Crippen LogP) is 1.99. The van der Waals surface area contributed by atoms with Gasteiger partial charge in [0.1, 0.15) is 5.82 Å². The number of nitrogens with one attached hydrogen (secondary N) is 2. The topological polar surface area (TPSA) is 105 Å². The molecule has 2 amide bonds. The zero-order chi connectivity index (χ0) is 22.4. The highest BCUT2D eigenvalue weighted by atomic mass is 32.2. The molecular weight excluding hydrogens is 425 g/mol. The van der Waals surface area contributed by atoms with Gasteiger partial charge >= 0.3 is 0 Å². The van der Waals surface area contributed by atoms with E-state index in [1.54, 1.807) is 0 Å². The number of amides is 2. The molecule has 0 aromatic heterocycles. The lowest BCUT2D eigenvalue weighted by Gasteiger charge is -2.17. The maximum atomic E-state index is 13.2. The Hall–Kier alpha value is -2.82. The molecule has 0 aliphatic carbocycles. The number of carbonyl (C=O) groups is 2. The standard InChI is InChI=1S/C21H24FN3O5S/c1-25(14-20(26)24-17-5-2-4-16(22)12-17)21(27)15-7-9-19(10-8-15)31(28,29)23-13-18-6-3-11-30-18/h2,4-5,7-10,12,18,23H,3,6,11,13-14H2,1H3,(H,24,26). The SMILES string of the molecule is CN(CC(=O)Nc1cccc(F)c1)C(=O)c1ccc(S(=O)(=O)NCC2CCCO2)cc1. The molecule has 1 saturated heterocycles. The maximum absolute atomic E-state index is 13.2. The number of rotatable bonds is 8. The third-order valence-corrected chi connectivity index (χ3v) is 6.21. The van der Waals surface area contributed by atoms with Crippen molar-refractivity contribution in [2.45, 2.75) is 23.8 Å². The molecule has 1 atom stereocenters. The number of hydrogen-bond donors (Lipinski definition) is 2. The summed E-state index contributed by atoms with van der Waals surface area (Å²) in [7, 11) is -2.27. The molecule has 3 rings (SSSR count). The lowest BCUT2D eigenvalue weighted by atomic mass is 10.2. The Kier molecular flexibility index (Phi) is 7.37. The zero-order valence-corrected chi connectivity index (χ0v) is 17.8. The largest absolute Gasteiger partial charge is 0.377 e. The number of likely N-dealkylation sites (N-methyl/N-ethyl adjacent to an activating group) is 1. The highest BCUT2D eigenvalue weighted by Gasteiger charge is 2.21. The van der Waals surface area contributed by atoms with Crippen LogP contribution in [0.25, 0.3) is 0 Å². The molecule has 2 N–H and O–H groups in total. The van der Waals surface area contributed by atoms with E-state index < -0.39 is 27.7 Å². The summed E-state index contributed by atoms with van der Waals surface area (Å²) in [6, 6.07) is 10.9. The third-order valence-electron chi connectivity index (χ3n) is 4.77. The first-order valence-corrected chi connectivity index (χ1v) is 11.2. The Morgan fingerprint density at radius 2 is 1.94 bits per heavy atom. The van der Waals surface area contributed by atoms with Crippen LogP contribution in [0.15, 0.2) is 53.4 Å². The number of halogens is 1. The summed E-state index contributed by atoms with van der Waals surface area (Å²) < 4.78 is 45.9. The van der Waals surface area contributed by atoms with E-state index in [1.165, 1.54) is 60.5 Å². The molecule has 0 bridgehead atoms. The first-order chi connectivity index (χ1) is 14.7. The number of hydrogen-bond acceptors (Lipinski definition) is 5. The summed E-state index contributed by atoms with van der Waals surface area (Å²) in [6.07, 6.45) is 1.61. The van der Waals surface area contributed by atoms with Crippen molar-refractivity contribution in [1.82, 2.24) is 9.62 Å². The predicted molar refractivity (Wildman–Crippen MR) is 113 cm³/mol. The average Bonchev–Trinajstić information content (AvgIpc) is 3.25. The van der Waals surface area contributed by atoms with Crippen LogP contribution in [0.2, 0.25) is 0 Å². The van der Waals surface area contributed by atoms with Crippen LogP contribution in [0.5, 0.6) is 0 Å². The van der Waals surface area contributed by atoms with E-state index in [1.807, 2.05) is 0 Å². The van der Waals surface area contributed by atoms with Gasteiger partial charge in [-0.05, 0) is 55.3 Å². The van der Waals surface area contributed by atoms with Crippen LogP contribution in [-0.4, -0.2) is 58.0 Å². The van der Waals surface area contributed by atoms with Crippen molar-refractivity contribution in [1.29, 1.82) is 0 Å². The average molecular weight is 450 g/mol. The van der Waals surface area contributed by atoms with E-state index in [0.29, 0.717) is 6.61 Å². The fourth-order valence-corrected chi connectivity index (χ4v) is 4.21. The molecule has 1 fully saturated rings. The Balaban J connectivity index is 1.56. The van der Waals surface area contributed by atoms with Crippen molar-refractivity contribution in [3.05, 3.63) is 59.9 Å². The van der Waals surface area contributed by atoms with Crippen LogP contribution in [0, 0.1) is 5.82 Å². The quantitative estimate of drug-likeness (QED) is 0.641. The van der Waals surface area contributed by atoms with Crippen LogP contribution in [0.4, 0.5) is 10.1 Å². The summed E-state index contributed by atoms with van der Waals surface area (Å²) in [5.74, 6) is -1.42. The van der Waals surface area contributed by atoms with Gasteiger partial charge in [0.15, 0.2) is 0 Å². The first kappa shape index (κ1) is 22.9. The molecule has 1 unspecified atom stereocenters. The van der Waals surface area contributed by atoms with Gasteiger partial charge in [0, 0.05) is 31.5 Å². The smallest absolute Gasteiger partial charge is 0.254 e. The number of nitrogens with zero attached hydrogens (tertiary/aromatic N) is 1. The van der Waals surface area contributed by atoms with Gasteiger partial charge in [0.05, 0.1) is 17.5 Å². The molecule has 2 aromatic carbocycles. The van der Waals surface area contributed by atoms with Crippen LogP contribution < -0.4 is 10.0 Å². The molecule has 1 aliphatic heterocycles. The maximum Gasteiger partial charge on any atom is 0.254 e. The number of benzene rings is 2. The summed E-state index contributed by atoms with van der Waals surface area (Å²) in [6.45, 7) is 0.585. The van der Waals surface area contributed by atoms with Crippen molar-refractivity contribution in [2.75, 3.05) is 32.1 Å². The minimum absolute atomic E-state index is 0.0357. The second-order valence-electron chi connectivity index (χ2n) is 7.23. The second kappa shape index (κ2) is 9.99.